The Morgan fingerprint density at radius 1 is 1.25 bits per heavy atom. The summed E-state index contributed by atoms with van der Waals surface area (Å²) in [5.41, 5.74) is 5.79. The number of hydrogen-bond donors (Lipinski definition) is 1. The van der Waals surface area contributed by atoms with E-state index >= 15 is 0 Å². The van der Waals surface area contributed by atoms with E-state index in [1.165, 1.54) is 11.0 Å². The number of fused-ring (bicyclic) bond motifs is 1. The van der Waals surface area contributed by atoms with Crippen molar-refractivity contribution in [1.82, 2.24) is 24.5 Å². The summed E-state index contributed by atoms with van der Waals surface area (Å²) >= 11 is 0. The van der Waals surface area contributed by atoms with E-state index in [4.69, 9.17) is 5.73 Å². The van der Waals surface area contributed by atoms with Crippen molar-refractivity contribution in [3.8, 4) is 5.69 Å². The van der Waals surface area contributed by atoms with Crippen LogP contribution in [-0.2, 0) is 11.3 Å². The second-order valence-electron chi connectivity index (χ2n) is 4.15. The van der Waals surface area contributed by atoms with Gasteiger partial charge in [0.05, 0.1) is 5.69 Å². The molecule has 0 aliphatic carbocycles. The molecule has 0 spiro atoms. The Morgan fingerprint density at radius 2 is 2.00 bits per heavy atom. The molecule has 8 heteroatoms. The molecule has 0 atom stereocenters. The topological polar surface area (TPSA) is 109 Å². The summed E-state index contributed by atoms with van der Waals surface area (Å²) in [4.78, 5) is 27.1. The second kappa shape index (κ2) is 4.57. The fourth-order valence-electron chi connectivity index (χ4n) is 1.87. The average Bonchev–Trinajstić information content (AvgIpc) is 2.87. The SMILES string of the molecule is NC(=O)Cn1cnc2c(nnn2-c2ccccc2)c1=O. The van der Waals surface area contributed by atoms with Gasteiger partial charge in [-0.2, -0.15) is 4.68 Å². The zero-order chi connectivity index (χ0) is 14.1. The summed E-state index contributed by atoms with van der Waals surface area (Å²) < 4.78 is 2.57. The Morgan fingerprint density at radius 3 is 2.70 bits per heavy atom. The number of carbonyl (C=O) groups is 1. The van der Waals surface area contributed by atoms with Gasteiger partial charge in [-0.25, -0.2) is 4.98 Å². The molecule has 1 aromatic carbocycles. The maximum atomic E-state index is 12.1. The molecule has 2 N–H and O–H groups in total. The number of carbonyl (C=O) groups excluding carboxylic acids is 1. The zero-order valence-corrected chi connectivity index (χ0v) is 10.3. The number of benzene rings is 1. The van der Waals surface area contributed by atoms with Crippen LogP contribution in [-0.4, -0.2) is 30.5 Å². The van der Waals surface area contributed by atoms with Crippen LogP contribution in [0.4, 0.5) is 0 Å². The van der Waals surface area contributed by atoms with Gasteiger partial charge in [-0.15, -0.1) is 5.10 Å². The molecule has 0 radical (unpaired) electrons. The number of hydrogen-bond acceptors (Lipinski definition) is 5. The van der Waals surface area contributed by atoms with E-state index in [9.17, 15) is 9.59 Å². The summed E-state index contributed by atoms with van der Waals surface area (Å²) in [7, 11) is 0. The number of para-hydroxylation sites is 1. The van der Waals surface area contributed by atoms with Gasteiger partial charge in [0, 0.05) is 0 Å². The Hall–Kier alpha value is -3.03. The molecule has 2 heterocycles. The van der Waals surface area contributed by atoms with Gasteiger partial charge in [0.15, 0.2) is 11.2 Å². The molecule has 0 fully saturated rings. The van der Waals surface area contributed by atoms with Crippen molar-refractivity contribution >= 4 is 17.1 Å². The number of rotatable bonds is 3. The van der Waals surface area contributed by atoms with Gasteiger partial charge >= 0.3 is 0 Å². The third kappa shape index (κ3) is 1.92. The Labute approximate surface area is 112 Å². The highest BCUT2D eigenvalue weighted by molar-refractivity contribution is 5.74. The molecule has 8 nitrogen and oxygen atoms in total. The van der Waals surface area contributed by atoms with Gasteiger partial charge in [0.2, 0.25) is 5.91 Å². The highest BCUT2D eigenvalue weighted by Gasteiger charge is 2.13. The maximum absolute atomic E-state index is 12.1. The van der Waals surface area contributed by atoms with E-state index < -0.39 is 11.5 Å². The molecule has 3 rings (SSSR count). The summed E-state index contributed by atoms with van der Waals surface area (Å²) in [6, 6.07) is 9.21. The standard InChI is InChI=1S/C12H10N6O2/c13-9(19)6-17-7-14-11-10(12(17)20)15-16-18(11)8-4-2-1-3-5-8/h1-5,7H,6H2,(H2,13,19). The van der Waals surface area contributed by atoms with Crippen molar-refractivity contribution in [1.29, 1.82) is 0 Å². The predicted octanol–water partition coefficient (Wildman–Crippen LogP) is -0.538. The number of aromatic nitrogens is 5. The third-order valence-corrected chi connectivity index (χ3v) is 2.76. The smallest absolute Gasteiger partial charge is 0.284 e. The van der Waals surface area contributed by atoms with Gasteiger partial charge in [0.1, 0.15) is 12.9 Å². The molecular weight excluding hydrogens is 260 g/mol. The number of nitrogens with two attached hydrogens (primary N) is 1. The van der Waals surface area contributed by atoms with E-state index in [0.29, 0.717) is 5.65 Å². The lowest BCUT2D eigenvalue weighted by molar-refractivity contribution is -0.118. The van der Waals surface area contributed by atoms with Gasteiger partial charge in [-0.1, -0.05) is 23.4 Å². The summed E-state index contributed by atoms with van der Waals surface area (Å²) in [6.45, 7) is -0.236. The van der Waals surface area contributed by atoms with Crippen molar-refractivity contribution in [2.24, 2.45) is 5.73 Å². The summed E-state index contributed by atoms with van der Waals surface area (Å²) in [6.07, 6.45) is 1.26. The van der Waals surface area contributed by atoms with E-state index in [1.54, 1.807) is 0 Å². The van der Waals surface area contributed by atoms with Crippen LogP contribution in [0.5, 0.6) is 0 Å². The lowest BCUT2D eigenvalue weighted by atomic mass is 10.3. The quantitative estimate of drug-likeness (QED) is 0.687. The summed E-state index contributed by atoms with van der Waals surface area (Å²) in [5.74, 6) is -0.622. The molecule has 2 aromatic heterocycles. The van der Waals surface area contributed by atoms with Gasteiger partial charge in [0.25, 0.3) is 5.56 Å². The van der Waals surface area contributed by atoms with E-state index in [0.717, 1.165) is 10.3 Å². The fourth-order valence-corrected chi connectivity index (χ4v) is 1.87. The Kier molecular flexibility index (Phi) is 2.75. The lowest BCUT2D eigenvalue weighted by Crippen LogP contribution is -2.28. The average molecular weight is 270 g/mol. The number of primary amides is 1. The van der Waals surface area contributed by atoms with Crippen molar-refractivity contribution in [2.75, 3.05) is 0 Å². The highest BCUT2D eigenvalue weighted by atomic mass is 16.2. The second-order valence-corrected chi connectivity index (χ2v) is 4.15. The molecule has 100 valence electrons. The van der Waals surface area contributed by atoms with Gasteiger partial charge < -0.3 is 5.73 Å². The van der Waals surface area contributed by atoms with Crippen LogP contribution in [0.3, 0.4) is 0 Å². The van der Waals surface area contributed by atoms with Crippen LogP contribution in [0, 0.1) is 0 Å². The minimum atomic E-state index is -0.622. The van der Waals surface area contributed by atoms with E-state index in [1.807, 2.05) is 30.3 Å². The van der Waals surface area contributed by atoms with Gasteiger partial charge in [-0.3, -0.25) is 14.2 Å². The largest absolute Gasteiger partial charge is 0.368 e. The first-order valence-electron chi connectivity index (χ1n) is 5.81. The van der Waals surface area contributed by atoms with Crippen molar-refractivity contribution in [3.05, 3.63) is 47.0 Å². The number of amides is 1. The van der Waals surface area contributed by atoms with Crippen molar-refractivity contribution in [2.45, 2.75) is 6.54 Å². The molecule has 0 saturated carbocycles. The van der Waals surface area contributed by atoms with Crippen LogP contribution in [0.1, 0.15) is 0 Å². The first-order valence-corrected chi connectivity index (χ1v) is 5.81. The molecule has 20 heavy (non-hydrogen) atoms. The van der Waals surface area contributed by atoms with Crippen LogP contribution in [0.15, 0.2) is 41.5 Å². The Balaban J connectivity index is 2.18. The molecule has 0 unspecified atom stereocenters. The van der Waals surface area contributed by atoms with Crippen molar-refractivity contribution in [3.63, 3.8) is 0 Å². The molecule has 0 bridgehead atoms. The van der Waals surface area contributed by atoms with Crippen LogP contribution < -0.4 is 11.3 Å². The van der Waals surface area contributed by atoms with Gasteiger partial charge in [-0.05, 0) is 12.1 Å². The first-order chi connectivity index (χ1) is 9.66. The minimum absolute atomic E-state index is 0.0950. The Bertz CT molecular complexity index is 836. The normalized spacial score (nSPS) is 10.8. The number of nitrogens with zero attached hydrogens (tertiary/aromatic N) is 5. The fraction of sp³-hybridized carbons (Fsp3) is 0.0833. The van der Waals surface area contributed by atoms with Crippen molar-refractivity contribution < 1.29 is 4.79 Å². The van der Waals surface area contributed by atoms with Crippen LogP contribution >= 0.6 is 0 Å². The minimum Gasteiger partial charge on any atom is -0.368 e. The zero-order valence-electron chi connectivity index (χ0n) is 10.3. The molecule has 0 aliphatic heterocycles. The molecule has 0 saturated heterocycles. The van der Waals surface area contributed by atoms with E-state index in [2.05, 4.69) is 15.3 Å². The highest BCUT2D eigenvalue weighted by Crippen LogP contribution is 2.10. The lowest BCUT2D eigenvalue weighted by Gasteiger charge is -2.02. The third-order valence-electron chi connectivity index (χ3n) is 2.76. The molecule has 0 aliphatic rings. The summed E-state index contributed by atoms with van der Waals surface area (Å²) in [5, 5.41) is 7.75. The molecular formula is C12H10N6O2. The monoisotopic (exact) mass is 270 g/mol. The van der Waals surface area contributed by atoms with E-state index in [-0.39, 0.29) is 12.1 Å². The predicted molar refractivity (Wildman–Crippen MR) is 70.1 cm³/mol. The maximum Gasteiger partial charge on any atom is 0.284 e. The first kappa shape index (κ1) is 12.0. The van der Waals surface area contributed by atoms with Crippen LogP contribution in [0.2, 0.25) is 0 Å². The van der Waals surface area contributed by atoms with Crippen LogP contribution in [0.25, 0.3) is 16.9 Å². The molecule has 1 amide bonds. The molecule has 3 aromatic rings.